The largest absolute Gasteiger partial charge is 0.279 e. The third kappa shape index (κ3) is 3.49. The van der Waals surface area contributed by atoms with Crippen molar-refractivity contribution in [1.82, 2.24) is 9.78 Å². The van der Waals surface area contributed by atoms with Crippen LogP contribution in [0.1, 0.15) is 5.56 Å². The maximum Gasteiger partial charge on any atom is 0.271 e. The monoisotopic (exact) mass is 353 g/mol. The van der Waals surface area contributed by atoms with E-state index >= 15 is 0 Å². The number of benzene rings is 1. The number of hydrogen-bond donors (Lipinski definition) is 1. The van der Waals surface area contributed by atoms with E-state index < -0.39 is 10.0 Å². The summed E-state index contributed by atoms with van der Waals surface area (Å²) in [6.45, 7) is 0.639. The highest BCUT2D eigenvalue weighted by molar-refractivity contribution is 7.94. The maximum absolute atomic E-state index is 12.2. The lowest BCUT2D eigenvalue weighted by atomic mass is 10.2. The van der Waals surface area contributed by atoms with Crippen molar-refractivity contribution in [3.8, 4) is 0 Å². The lowest BCUT2D eigenvalue weighted by Gasteiger charge is -2.07. The van der Waals surface area contributed by atoms with Crippen LogP contribution in [-0.4, -0.2) is 18.2 Å². The fraction of sp³-hybridized carbons (Fsp3) is 0.0714. The summed E-state index contributed by atoms with van der Waals surface area (Å²) >= 11 is 6.80. The fourth-order valence-electron chi connectivity index (χ4n) is 1.91. The number of thiophene rings is 1. The Morgan fingerprint density at radius 2 is 1.95 bits per heavy atom. The molecule has 8 heteroatoms. The maximum atomic E-state index is 12.2. The summed E-state index contributed by atoms with van der Waals surface area (Å²) in [5.74, 6) is 0. The lowest BCUT2D eigenvalue weighted by Crippen LogP contribution is -2.11. The van der Waals surface area contributed by atoms with Crippen molar-refractivity contribution >= 4 is 38.6 Å². The molecule has 2 heterocycles. The minimum absolute atomic E-state index is 0.193. The predicted molar refractivity (Wildman–Crippen MR) is 87.9 cm³/mol. The number of anilines is 1. The van der Waals surface area contributed by atoms with Gasteiger partial charge in [0, 0.05) is 18.1 Å². The average Bonchev–Trinajstić information content (AvgIpc) is 3.12. The van der Waals surface area contributed by atoms with Gasteiger partial charge in [-0.05, 0) is 35.9 Å². The van der Waals surface area contributed by atoms with Crippen molar-refractivity contribution in [3.05, 3.63) is 64.8 Å². The summed E-state index contributed by atoms with van der Waals surface area (Å²) in [5.41, 5.74) is 1.54. The van der Waals surface area contributed by atoms with Crippen LogP contribution in [0.4, 0.5) is 5.69 Å². The first-order valence-corrected chi connectivity index (χ1v) is 9.05. The number of halogens is 1. The van der Waals surface area contributed by atoms with Crippen molar-refractivity contribution in [1.29, 1.82) is 0 Å². The van der Waals surface area contributed by atoms with Crippen LogP contribution in [0.15, 0.2) is 59.1 Å². The molecule has 22 heavy (non-hydrogen) atoms. The van der Waals surface area contributed by atoms with Gasteiger partial charge in [-0.3, -0.25) is 9.40 Å². The van der Waals surface area contributed by atoms with E-state index in [1.807, 2.05) is 24.4 Å². The number of rotatable bonds is 5. The van der Waals surface area contributed by atoms with Gasteiger partial charge in [0.15, 0.2) is 0 Å². The van der Waals surface area contributed by atoms with Crippen LogP contribution in [0.5, 0.6) is 0 Å². The molecule has 0 spiro atoms. The second-order valence-electron chi connectivity index (χ2n) is 4.56. The third-order valence-corrected chi connectivity index (χ3v) is 6.03. The van der Waals surface area contributed by atoms with Gasteiger partial charge < -0.3 is 0 Å². The molecule has 0 aliphatic heterocycles. The zero-order valence-corrected chi connectivity index (χ0v) is 13.7. The van der Waals surface area contributed by atoms with Gasteiger partial charge in [0.1, 0.15) is 4.21 Å². The molecule has 0 bridgehead atoms. The molecule has 5 nitrogen and oxygen atoms in total. The predicted octanol–water partition coefficient (Wildman–Crippen LogP) is 3.45. The molecule has 0 amide bonds. The quantitative estimate of drug-likeness (QED) is 0.764. The van der Waals surface area contributed by atoms with Gasteiger partial charge in [0.2, 0.25) is 0 Å². The summed E-state index contributed by atoms with van der Waals surface area (Å²) in [5, 5.41) is 4.13. The summed E-state index contributed by atoms with van der Waals surface area (Å²) in [6.07, 6.45) is 3.59. The van der Waals surface area contributed by atoms with E-state index in [2.05, 4.69) is 9.82 Å². The highest BCUT2D eigenvalue weighted by atomic mass is 35.5. The lowest BCUT2D eigenvalue weighted by molar-refractivity contribution is 0.603. The van der Waals surface area contributed by atoms with Gasteiger partial charge in [0.05, 0.1) is 10.9 Å². The van der Waals surface area contributed by atoms with Gasteiger partial charge in [-0.15, -0.1) is 11.3 Å². The first-order chi connectivity index (χ1) is 10.5. The van der Waals surface area contributed by atoms with E-state index in [0.717, 1.165) is 16.9 Å². The number of sulfonamides is 1. The summed E-state index contributed by atoms with van der Waals surface area (Å²) < 4.78 is 29.3. The van der Waals surface area contributed by atoms with Crippen molar-refractivity contribution in [2.24, 2.45) is 0 Å². The number of aromatic nitrogens is 2. The second-order valence-corrected chi connectivity index (χ2v) is 8.19. The molecule has 0 radical (unpaired) electrons. The van der Waals surface area contributed by atoms with Crippen molar-refractivity contribution in [2.45, 2.75) is 10.8 Å². The van der Waals surface area contributed by atoms with Crippen molar-refractivity contribution < 1.29 is 8.42 Å². The highest BCUT2D eigenvalue weighted by Crippen LogP contribution is 2.27. The Kier molecular flexibility index (Phi) is 4.19. The molecule has 114 valence electrons. The normalized spacial score (nSPS) is 11.5. The summed E-state index contributed by atoms with van der Waals surface area (Å²) in [6, 6.07) is 12.1. The SMILES string of the molecule is O=S(=O)(Nc1ccc(Cn2cccn2)cc1)c1ccc(Cl)s1. The summed E-state index contributed by atoms with van der Waals surface area (Å²) in [7, 11) is -3.59. The van der Waals surface area contributed by atoms with Gasteiger partial charge in [0.25, 0.3) is 10.0 Å². The highest BCUT2D eigenvalue weighted by Gasteiger charge is 2.16. The number of nitrogens with zero attached hydrogens (tertiary/aromatic N) is 2. The van der Waals surface area contributed by atoms with E-state index in [0.29, 0.717) is 16.6 Å². The van der Waals surface area contributed by atoms with E-state index in [1.54, 1.807) is 29.1 Å². The van der Waals surface area contributed by atoms with Crippen LogP contribution in [-0.2, 0) is 16.6 Å². The Morgan fingerprint density at radius 3 is 2.55 bits per heavy atom. The second kappa shape index (κ2) is 6.12. The molecule has 0 saturated heterocycles. The van der Waals surface area contributed by atoms with Crippen LogP contribution in [0.25, 0.3) is 0 Å². The van der Waals surface area contributed by atoms with Crippen molar-refractivity contribution in [2.75, 3.05) is 4.72 Å². The molecule has 0 atom stereocenters. The van der Waals surface area contributed by atoms with Gasteiger partial charge >= 0.3 is 0 Å². The smallest absolute Gasteiger partial charge is 0.271 e. The molecule has 3 rings (SSSR count). The number of hydrogen-bond acceptors (Lipinski definition) is 4. The Morgan fingerprint density at radius 1 is 1.18 bits per heavy atom. The standard InChI is InChI=1S/C14H12ClN3O2S2/c15-13-6-7-14(21-13)22(19,20)17-12-4-2-11(3-5-12)10-18-9-1-8-16-18/h1-9,17H,10H2. The van der Waals surface area contributed by atoms with Gasteiger partial charge in [-0.1, -0.05) is 23.7 Å². The number of nitrogens with one attached hydrogen (secondary N) is 1. The topological polar surface area (TPSA) is 64.0 Å². The molecule has 3 aromatic rings. The zero-order valence-electron chi connectivity index (χ0n) is 11.3. The molecule has 0 aliphatic rings. The Bertz CT molecular complexity index is 856. The molecule has 0 unspecified atom stereocenters. The Balaban J connectivity index is 1.73. The molecule has 1 N–H and O–H groups in total. The summed E-state index contributed by atoms with van der Waals surface area (Å²) in [4.78, 5) is 0. The van der Waals surface area contributed by atoms with Gasteiger partial charge in [-0.25, -0.2) is 8.42 Å². The first-order valence-electron chi connectivity index (χ1n) is 6.37. The zero-order chi connectivity index (χ0) is 15.6. The van der Waals surface area contributed by atoms with Crippen LogP contribution in [0.2, 0.25) is 4.34 Å². The molecule has 0 saturated carbocycles. The van der Waals surface area contributed by atoms with Crippen LogP contribution in [0, 0.1) is 0 Å². The van der Waals surface area contributed by atoms with Crippen LogP contribution >= 0.6 is 22.9 Å². The molecule has 0 aliphatic carbocycles. The van der Waals surface area contributed by atoms with Crippen molar-refractivity contribution in [3.63, 3.8) is 0 Å². The van der Waals surface area contributed by atoms with E-state index in [4.69, 9.17) is 11.6 Å². The minimum Gasteiger partial charge on any atom is -0.279 e. The Hall–Kier alpha value is -1.83. The molecule has 1 aromatic carbocycles. The molecule has 2 aromatic heterocycles. The van der Waals surface area contributed by atoms with E-state index in [-0.39, 0.29) is 4.21 Å². The van der Waals surface area contributed by atoms with Crippen LogP contribution < -0.4 is 4.72 Å². The molecular weight excluding hydrogens is 342 g/mol. The van der Waals surface area contributed by atoms with E-state index in [1.165, 1.54) is 6.07 Å². The van der Waals surface area contributed by atoms with E-state index in [9.17, 15) is 8.42 Å². The molecule has 0 fully saturated rings. The first kappa shape index (κ1) is 15.1. The minimum atomic E-state index is -3.59. The molecular formula is C14H12ClN3O2S2. The Labute approximate surface area is 137 Å². The fourth-order valence-corrected chi connectivity index (χ4v) is 4.45. The van der Waals surface area contributed by atoms with Crippen LogP contribution in [0.3, 0.4) is 0 Å². The third-order valence-electron chi connectivity index (χ3n) is 2.92. The average molecular weight is 354 g/mol. The van der Waals surface area contributed by atoms with Gasteiger partial charge in [-0.2, -0.15) is 5.10 Å².